The van der Waals surface area contributed by atoms with Gasteiger partial charge >= 0.3 is 0 Å². The third-order valence-electron chi connectivity index (χ3n) is 5.39. The molecule has 142 valence electrons. The van der Waals surface area contributed by atoms with Gasteiger partial charge in [0.1, 0.15) is 11.5 Å². The number of rotatable bonds is 9. The molecular weight excluding hydrogens is 320 g/mol. The lowest BCUT2D eigenvalue weighted by Crippen LogP contribution is -2.01. The maximum absolute atomic E-state index is 10.5. The van der Waals surface area contributed by atoms with Gasteiger partial charge in [0.2, 0.25) is 0 Å². The topological polar surface area (TPSA) is 40.5 Å². The van der Waals surface area contributed by atoms with Crippen LogP contribution in [0, 0.1) is 11.8 Å². The number of hydrogen-bond acceptors (Lipinski definition) is 2. The smallest absolute Gasteiger partial charge is 0.122 e. The van der Waals surface area contributed by atoms with Crippen molar-refractivity contribution in [3.05, 3.63) is 59.2 Å². The molecule has 0 heterocycles. The quantitative estimate of drug-likeness (QED) is 0.529. The Morgan fingerprint density at radius 2 is 1.38 bits per heavy atom. The maximum atomic E-state index is 10.5. The monoisotopic (exact) mass is 354 g/mol. The Morgan fingerprint density at radius 3 is 1.96 bits per heavy atom. The molecule has 2 heteroatoms. The lowest BCUT2D eigenvalue weighted by atomic mass is 9.90. The molecule has 2 atom stereocenters. The molecule has 2 aromatic rings. The second-order valence-electron chi connectivity index (χ2n) is 8.14. The fourth-order valence-electron chi connectivity index (χ4n) is 3.51. The van der Waals surface area contributed by atoms with Crippen molar-refractivity contribution in [1.82, 2.24) is 0 Å². The summed E-state index contributed by atoms with van der Waals surface area (Å²) in [6.45, 7) is 8.89. The van der Waals surface area contributed by atoms with Crippen LogP contribution in [0.5, 0.6) is 11.5 Å². The molecule has 2 aromatic carbocycles. The van der Waals surface area contributed by atoms with Crippen LogP contribution < -0.4 is 0 Å². The van der Waals surface area contributed by atoms with Crippen LogP contribution in [-0.2, 0) is 6.42 Å². The predicted octanol–water partition coefficient (Wildman–Crippen LogP) is 6.64. The van der Waals surface area contributed by atoms with Crippen LogP contribution in [0.4, 0.5) is 0 Å². The molecule has 0 saturated heterocycles. The molecule has 0 fully saturated rings. The van der Waals surface area contributed by atoms with Crippen LogP contribution in [0.15, 0.2) is 42.5 Å². The molecule has 0 saturated carbocycles. The highest BCUT2D eigenvalue weighted by molar-refractivity contribution is 5.49. The Morgan fingerprint density at radius 1 is 0.769 bits per heavy atom. The van der Waals surface area contributed by atoms with Crippen molar-refractivity contribution >= 4 is 0 Å². The summed E-state index contributed by atoms with van der Waals surface area (Å²) in [6, 6.07) is 13.8. The number of phenols is 2. The van der Waals surface area contributed by atoms with E-state index in [2.05, 4.69) is 39.8 Å². The van der Waals surface area contributed by atoms with Gasteiger partial charge in [-0.25, -0.2) is 0 Å². The molecule has 2 unspecified atom stereocenters. The SMILES string of the molecule is CC(C)CCCC(C)CCc1c(O)cc(C(C)c2ccccc2)cc1O. The second kappa shape index (κ2) is 9.66. The van der Waals surface area contributed by atoms with Gasteiger partial charge in [0.25, 0.3) is 0 Å². The van der Waals surface area contributed by atoms with Crippen molar-refractivity contribution in [3.8, 4) is 11.5 Å². The summed E-state index contributed by atoms with van der Waals surface area (Å²) in [5, 5.41) is 20.9. The molecule has 0 amide bonds. The van der Waals surface area contributed by atoms with Crippen LogP contribution in [0.3, 0.4) is 0 Å². The standard InChI is InChI=1S/C24H34O2/c1-17(2)9-8-10-18(3)13-14-22-23(25)15-21(16-24(22)26)19(4)20-11-6-5-7-12-20/h5-7,11-12,15-19,25-26H,8-10,13-14H2,1-4H3. The first kappa shape index (κ1) is 20.4. The highest BCUT2D eigenvalue weighted by Gasteiger charge is 2.16. The van der Waals surface area contributed by atoms with Crippen molar-refractivity contribution in [2.24, 2.45) is 11.8 Å². The van der Waals surface area contributed by atoms with E-state index < -0.39 is 0 Å². The van der Waals surface area contributed by atoms with Crippen LogP contribution >= 0.6 is 0 Å². The van der Waals surface area contributed by atoms with E-state index in [0.717, 1.165) is 24.3 Å². The van der Waals surface area contributed by atoms with E-state index in [1.807, 2.05) is 30.3 Å². The third-order valence-corrected chi connectivity index (χ3v) is 5.39. The van der Waals surface area contributed by atoms with Crippen LogP contribution in [-0.4, -0.2) is 10.2 Å². The summed E-state index contributed by atoms with van der Waals surface area (Å²) < 4.78 is 0. The van der Waals surface area contributed by atoms with Crippen molar-refractivity contribution in [1.29, 1.82) is 0 Å². The van der Waals surface area contributed by atoms with Crippen molar-refractivity contribution in [3.63, 3.8) is 0 Å². The zero-order valence-electron chi connectivity index (χ0n) is 16.7. The summed E-state index contributed by atoms with van der Waals surface area (Å²) >= 11 is 0. The minimum atomic E-state index is 0.136. The van der Waals surface area contributed by atoms with Gasteiger partial charge in [0, 0.05) is 11.5 Å². The Labute approximate surface area is 158 Å². The summed E-state index contributed by atoms with van der Waals surface area (Å²) in [5.74, 6) is 1.94. The van der Waals surface area contributed by atoms with E-state index in [4.69, 9.17) is 0 Å². The number of aromatic hydroxyl groups is 2. The number of hydrogen-bond donors (Lipinski definition) is 2. The van der Waals surface area contributed by atoms with E-state index >= 15 is 0 Å². The summed E-state index contributed by atoms with van der Waals surface area (Å²) in [6.07, 6.45) is 5.45. The van der Waals surface area contributed by atoms with Gasteiger partial charge < -0.3 is 10.2 Å². The van der Waals surface area contributed by atoms with Crippen LogP contribution in [0.1, 0.15) is 76.0 Å². The number of benzene rings is 2. The first-order valence-electron chi connectivity index (χ1n) is 9.98. The fourth-order valence-corrected chi connectivity index (χ4v) is 3.51. The van der Waals surface area contributed by atoms with E-state index in [1.165, 1.54) is 24.8 Å². The van der Waals surface area contributed by atoms with Gasteiger partial charge in [0.05, 0.1) is 0 Å². The largest absolute Gasteiger partial charge is 0.508 e. The highest BCUT2D eigenvalue weighted by atomic mass is 16.3. The average Bonchev–Trinajstić information content (AvgIpc) is 2.60. The van der Waals surface area contributed by atoms with E-state index in [1.54, 1.807) is 0 Å². The molecule has 2 nitrogen and oxygen atoms in total. The van der Waals surface area contributed by atoms with Crippen molar-refractivity contribution < 1.29 is 10.2 Å². The fraction of sp³-hybridized carbons (Fsp3) is 0.500. The first-order chi connectivity index (χ1) is 12.4. The van der Waals surface area contributed by atoms with Crippen LogP contribution in [0.25, 0.3) is 0 Å². The normalized spacial score (nSPS) is 13.7. The molecule has 0 bridgehead atoms. The Balaban J connectivity index is 2.00. The van der Waals surface area contributed by atoms with Gasteiger partial charge in [0.15, 0.2) is 0 Å². The zero-order valence-corrected chi connectivity index (χ0v) is 16.7. The predicted molar refractivity (Wildman–Crippen MR) is 110 cm³/mol. The first-order valence-corrected chi connectivity index (χ1v) is 9.98. The summed E-state index contributed by atoms with van der Waals surface area (Å²) in [4.78, 5) is 0. The lowest BCUT2D eigenvalue weighted by Gasteiger charge is -2.17. The van der Waals surface area contributed by atoms with Gasteiger partial charge in [-0.2, -0.15) is 0 Å². The minimum absolute atomic E-state index is 0.136. The van der Waals surface area contributed by atoms with E-state index in [9.17, 15) is 10.2 Å². The van der Waals surface area contributed by atoms with Gasteiger partial charge in [-0.3, -0.25) is 0 Å². The molecule has 2 rings (SSSR count). The summed E-state index contributed by atoms with van der Waals surface area (Å²) in [7, 11) is 0. The molecule has 2 N–H and O–H groups in total. The second-order valence-corrected chi connectivity index (χ2v) is 8.14. The maximum Gasteiger partial charge on any atom is 0.122 e. The van der Waals surface area contributed by atoms with Gasteiger partial charge in [-0.05, 0) is 47.9 Å². The highest BCUT2D eigenvalue weighted by Crippen LogP contribution is 2.35. The number of phenolic OH excluding ortho intramolecular Hbond substituents is 2. The minimum Gasteiger partial charge on any atom is -0.508 e. The molecule has 0 aromatic heterocycles. The van der Waals surface area contributed by atoms with Crippen molar-refractivity contribution in [2.75, 3.05) is 0 Å². The Kier molecular flexibility index (Phi) is 7.56. The van der Waals surface area contributed by atoms with Gasteiger partial charge in [-0.1, -0.05) is 77.3 Å². The van der Waals surface area contributed by atoms with E-state index in [-0.39, 0.29) is 17.4 Å². The summed E-state index contributed by atoms with van der Waals surface area (Å²) in [5.41, 5.74) is 2.81. The third kappa shape index (κ3) is 5.79. The van der Waals surface area contributed by atoms with Crippen molar-refractivity contribution in [2.45, 2.75) is 65.7 Å². The molecule has 0 aliphatic heterocycles. The molecule has 0 spiro atoms. The Bertz CT molecular complexity index is 653. The van der Waals surface area contributed by atoms with E-state index in [0.29, 0.717) is 11.5 Å². The van der Waals surface area contributed by atoms with Gasteiger partial charge in [-0.15, -0.1) is 0 Å². The molecular formula is C24H34O2. The zero-order chi connectivity index (χ0) is 19.1. The lowest BCUT2D eigenvalue weighted by molar-refractivity contribution is 0.413. The molecule has 0 aliphatic carbocycles. The Hall–Kier alpha value is -1.96. The molecule has 26 heavy (non-hydrogen) atoms. The molecule has 0 radical (unpaired) electrons. The average molecular weight is 355 g/mol. The van der Waals surface area contributed by atoms with Crippen LogP contribution in [0.2, 0.25) is 0 Å². The molecule has 0 aliphatic rings.